The number of halogens is 2. The summed E-state index contributed by atoms with van der Waals surface area (Å²) in [5.41, 5.74) is 2.59. The van der Waals surface area contributed by atoms with E-state index in [0.717, 1.165) is 5.69 Å². The topological polar surface area (TPSA) is 21.7 Å². The van der Waals surface area contributed by atoms with Gasteiger partial charge in [-0.25, -0.2) is 8.78 Å². The maximum atomic E-state index is 14.2. The van der Waals surface area contributed by atoms with Gasteiger partial charge in [-0.3, -0.25) is 0 Å². The third kappa shape index (κ3) is 3.92. The summed E-state index contributed by atoms with van der Waals surface area (Å²) in [5.74, 6) is 0.0442. The van der Waals surface area contributed by atoms with E-state index in [9.17, 15) is 8.78 Å². The monoisotopic (exact) mass is 367 g/mol. The van der Waals surface area contributed by atoms with Gasteiger partial charge in [0.1, 0.15) is 11.6 Å². The van der Waals surface area contributed by atoms with Crippen molar-refractivity contribution in [3.05, 3.63) is 90.5 Å². The molecule has 3 aromatic rings. The van der Waals surface area contributed by atoms with Crippen molar-refractivity contribution in [2.45, 2.75) is 0 Å². The van der Waals surface area contributed by atoms with Crippen LogP contribution in [0.1, 0.15) is 5.56 Å². The predicted octanol–water partition coefficient (Wildman–Crippen LogP) is 5.79. The normalized spacial score (nSPS) is 10.4. The Bertz CT molecular complexity index is 938. The number of hydrogen-bond acceptors (Lipinski definition) is 3. The largest absolute Gasteiger partial charge is 0.497 e. The molecule has 27 heavy (non-hydrogen) atoms. The van der Waals surface area contributed by atoms with Crippen molar-refractivity contribution in [1.82, 2.24) is 0 Å². The van der Waals surface area contributed by atoms with Gasteiger partial charge >= 0.3 is 0 Å². The fourth-order valence-electron chi connectivity index (χ4n) is 2.76. The molecule has 3 aromatic carbocycles. The molecular formula is C22H19F2NO2. The average molecular weight is 367 g/mol. The van der Waals surface area contributed by atoms with Crippen molar-refractivity contribution in [2.75, 3.05) is 19.1 Å². The standard InChI is InChI=1S/C22H19F2NO2/c1-15(16-4-13-22(27-3)21(24)14-16)25(18-7-5-17(23)6-8-18)19-9-11-20(26-2)12-10-19/h4-14H,1H2,2-3H3. The zero-order chi connectivity index (χ0) is 19.4. The van der Waals surface area contributed by atoms with Crippen LogP contribution in [0.4, 0.5) is 20.2 Å². The summed E-state index contributed by atoms with van der Waals surface area (Å²) < 4.78 is 37.7. The lowest BCUT2D eigenvalue weighted by Crippen LogP contribution is -2.15. The van der Waals surface area contributed by atoms with Crippen LogP contribution in [0.3, 0.4) is 0 Å². The molecule has 0 aliphatic rings. The molecule has 0 aliphatic heterocycles. The molecule has 0 spiro atoms. The lowest BCUT2D eigenvalue weighted by atomic mass is 10.1. The minimum Gasteiger partial charge on any atom is -0.497 e. The first-order chi connectivity index (χ1) is 13.0. The lowest BCUT2D eigenvalue weighted by Gasteiger charge is -2.27. The summed E-state index contributed by atoms with van der Waals surface area (Å²) in [6.07, 6.45) is 0. The Hall–Kier alpha value is -3.34. The molecule has 5 heteroatoms. The Kier molecular flexibility index (Phi) is 5.41. The first-order valence-electron chi connectivity index (χ1n) is 8.26. The predicted molar refractivity (Wildman–Crippen MR) is 104 cm³/mol. The second-order valence-corrected chi connectivity index (χ2v) is 5.81. The number of methoxy groups -OCH3 is 2. The second kappa shape index (κ2) is 7.91. The number of ether oxygens (including phenoxy) is 2. The van der Waals surface area contributed by atoms with Crippen molar-refractivity contribution in [3.63, 3.8) is 0 Å². The van der Waals surface area contributed by atoms with Crippen molar-refractivity contribution in [3.8, 4) is 11.5 Å². The quantitative estimate of drug-likeness (QED) is 0.550. The van der Waals surface area contributed by atoms with Gasteiger partial charge in [0, 0.05) is 22.6 Å². The highest BCUT2D eigenvalue weighted by molar-refractivity contribution is 5.87. The zero-order valence-corrected chi connectivity index (χ0v) is 15.1. The molecule has 0 aliphatic carbocycles. The molecule has 3 nitrogen and oxygen atoms in total. The first-order valence-corrected chi connectivity index (χ1v) is 8.26. The molecule has 0 atom stereocenters. The van der Waals surface area contributed by atoms with E-state index in [1.54, 1.807) is 31.4 Å². The highest BCUT2D eigenvalue weighted by atomic mass is 19.1. The first kappa shape index (κ1) is 18.5. The minimum absolute atomic E-state index is 0.157. The number of anilines is 2. The van der Waals surface area contributed by atoms with E-state index in [0.29, 0.717) is 22.7 Å². The summed E-state index contributed by atoms with van der Waals surface area (Å²) in [5, 5.41) is 0. The summed E-state index contributed by atoms with van der Waals surface area (Å²) in [4.78, 5) is 1.82. The maximum absolute atomic E-state index is 14.2. The lowest BCUT2D eigenvalue weighted by molar-refractivity contribution is 0.386. The molecule has 0 aromatic heterocycles. The Morgan fingerprint density at radius 2 is 1.41 bits per heavy atom. The van der Waals surface area contributed by atoms with Crippen LogP contribution < -0.4 is 14.4 Å². The van der Waals surface area contributed by atoms with E-state index < -0.39 is 5.82 Å². The van der Waals surface area contributed by atoms with Crippen LogP contribution in [0.2, 0.25) is 0 Å². The molecule has 3 rings (SSSR count). The van der Waals surface area contributed by atoms with E-state index >= 15 is 0 Å². The van der Waals surface area contributed by atoms with E-state index in [2.05, 4.69) is 6.58 Å². The third-order valence-corrected chi connectivity index (χ3v) is 4.17. The molecule has 138 valence electrons. The summed E-state index contributed by atoms with van der Waals surface area (Å²) in [6, 6.07) is 18.0. The van der Waals surface area contributed by atoms with E-state index in [1.807, 2.05) is 29.2 Å². The molecule has 0 saturated carbocycles. The maximum Gasteiger partial charge on any atom is 0.165 e. The Labute approximate surface area is 157 Å². The molecule has 0 unspecified atom stereocenters. The van der Waals surface area contributed by atoms with Gasteiger partial charge in [0.05, 0.1) is 14.2 Å². The third-order valence-electron chi connectivity index (χ3n) is 4.17. The van der Waals surface area contributed by atoms with Crippen LogP contribution in [0.25, 0.3) is 5.70 Å². The SMILES string of the molecule is C=C(c1ccc(OC)c(F)c1)N(c1ccc(F)cc1)c1ccc(OC)cc1. The number of nitrogens with zero attached hydrogens (tertiary/aromatic N) is 1. The van der Waals surface area contributed by atoms with Gasteiger partial charge in [-0.1, -0.05) is 6.58 Å². The molecular weight excluding hydrogens is 348 g/mol. The Morgan fingerprint density at radius 3 is 1.93 bits per heavy atom. The number of rotatable bonds is 6. The minimum atomic E-state index is -0.482. The summed E-state index contributed by atoms with van der Waals surface area (Å²) >= 11 is 0. The highest BCUT2D eigenvalue weighted by Gasteiger charge is 2.16. The van der Waals surface area contributed by atoms with Gasteiger partial charge in [-0.05, 0) is 66.7 Å². The molecule has 0 saturated heterocycles. The smallest absolute Gasteiger partial charge is 0.165 e. The fraction of sp³-hybridized carbons (Fsp3) is 0.0909. The molecule has 0 N–H and O–H groups in total. The average Bonchev–Trinajstić information content (AvgIpc) is 2.70. The molecule has 0 fully saturated rings. The van der Waals surface area contributed by atoms with Crippen molar-refractivity contribution in [1.29, 1.82) is 0 Å². The summed E-state index contributed by atoms with van der Waals surface area (Å²) in [6.45, 7) is 4.13. The van der Waals surface area contributed by atoms with Crippen LogP contribution in [-0.2, 0) is 0 Å². The zero-order valence-electron chi connectivity index (χ0n) is 15.1. The fourth-order valence-corrected chi connectivity index (χ4v) is 2.76. The number of hydrogen-bond donors (Lipinski definition) is 0. The molecule has 0 amide bonds. The number of benzene rings is 3. The van der Waals surface area contributed by atoms with E-state index in [-0.39, 0.29) is 11.6 Å². The van der Waals surface area contributed by atoms with E-state index in [1.165, 1.54) is 25.3 Å². The van der Waals surface area contributed by atoms with Crippen LogP contribution in [0.5, 0.6) is 11.5 Å². The van der Waals surface area contributed by atoms with Gasteiger partial charge < -0.3 is 14.4 Å². The van der Waals surface area contributed by atoms with Crippen LogP contribution in [0, 0.1) is 11.6 Å². The van der Waals surface area contributed by atoms with Crippen LogP contribution in [-0.4, -0.2) is 14.2 Å². The van der Waals surface area contributed by atoms with Gasteiger partial charge in [-0.2, -0.15) is 0 Å². The molecule has 0 radical (unpaired) electrons. The van der Waals surface area contributed by atoms with Crippen molar-refractivity contribution in [2.24, 2.45) is 0 Å². The summed E-state index contributed by atoms with van der Waals surface area (Å²) in [7, 11) is 3.00. The Morgan fingerprint density at radius 1 is 0.815 bits per heavy atom. The van der Waals surface area contributed by atoms with Gasteiger partial charge in [0.2, 0.25) is 0 Å². The highest BCUT2D eigenvalue weighted by Crippen LogP contribution is 2.35. The van der Waals surface area contributed by atoms with Crippen molar-refractivity contribution < 1.29 is 18.3 Å². The second-order valence-electron chi connectivity index (χ2n) is 5.81. The molecule has 0 bridgehead atoms. The van der Waals surface area contributed by atoms with Gasteiger partial charge in [0.25, 0.3) is 0 Å². The van der Waals surface area contributed by atoms with Crippen LogP contribution >= 0.6 is 0 Å². The van der Waals surface area contributed by atoms with Crippen LogP contribution in [0.15, 0.2) is 73.3 Å². The van der Waals surface area contributed by atoms with Crippen molar-refractivity contribution >= 4 is 17.1 Å². The Balaban J connectivity index is 2.06. The molecule has 0 heterocycles. The van der Waals surface area contributed by atoms with Gasteiger partial charge in [-0.15, -0.1) is 0 Å². The van der Waals surface area contributed by atoms with E-state index in [4.69, 9.17) is 9.47 Å². The van der Waals surface area contributed by atoms with Gasteiger partial charge in [0.15, 0.2) is 11.6 Å².